The largest absolute Gasteiger partial charge is 0.497 e. The van der Waals surface area contributed by atoms with E-state index in [0.29, 0.717) is 13.0 Å². The Bertz CT molecular complexity index is 433. The van der Waals surface area contributed by atoms with Crippen molar-refractivity contribution in [2.24, 2.45) is 0 Å². The van der Waals surface area contributed by atoms with Crippen LogP contribution in [0.5, 0.6) is 5.75 Å². The average molecular weight is 292 g/mol. The molecule has 0 aliphatic rings. The van der Waals surface area contributed by atoms with Gasteiger partial charge in [0.15, 0.2) is 0 Å². The lowest BCUT2D eigenvalue weighted by Crippen LogP contribution is -2.34. The van der Waals surface area contributed by atoms with Gasteiger partial charge in [0.2, 0.25) is 5.91 Å². The standard InChI is InChI=1S/C17H28N2O2/c1-5-6-7-11-17(20)18-13-16(19(2)3)14-9-8-10-15(12-14)21-4/h8-10,12,16H,5-7,11,13H2,1-4H3,(H,18,20). The number of unbranched alkanes of at least 4 members (excludes halogenated alkanes) is 2. The molecule has 21 heavy (non-hydrogen) atoms. The Kier molecular flexibility index (Phi) is 7.83. The number of ether oxygens (including phenoxy) is 1. The maximum Gasteiger partial charge on any atom is 0.220 e. The van der Waals surface area contributed by atoms with E-state index in [1.54, 1.807) is 7.11 Å². The number of amides is 1. The second-order valence-electron chi connectivity index (χ2n) is 5.52. The Labute approximate surface area is 128 Å². The fraction of sp³-hybridized carbons (Fsp3) is 0.588. The summed E-state index contributed by atoms with van der Waals surface area (Å²) >= 11 is 0. The highest BCUT2D eigenvalue weighted by Crippen LogP contribution is 2.22. The van der Waals surface area contributed by atoms with Gasteiger partial charge in [-0.15, -0.1) is 0 Å². The second kappa shape index (κ2) is 9.40. The zero-order chi connectivity index (χ0) is 15.7. The van der Waals surface area contributed by atoms with Crippen molar-refractivity contribution in [2.75, 3.05) is 27.7 Å². The van der Waals surface area contributed by atoms with E-state index in [1.807, 2.05) is 32.3 Å². The third kappa shape index (κ3) is 6.17. The van der Waals surface area contributed by atoms with Crippen LogP contribution in [0.25, 0.3) is 0 Å². The SMILES string of the molecule is CCCCCC(=O)NCC(c1cccc(OC)c1)N(C)C. The number of likely N-dealkylation sites (N-methyl/N-ethyl adjacent to an activating group) is 1. The molecule has 0 saturated carbocycles. The summed E-state index contributed by atoms with van der Waals surface area (Å²) in [5.74, 6) is 0.979. The molecule has 1 N–H and O–H groups in total. The third-order valence-corrected chi connectivity index (χ3v) is 3.60. The lowest BCUT2D eigenvalue weighted by Gasteiger charge is -2.25. The van der Waals surface area contributed by atoms with E-state index in [4.69, 9.17) is 4.74 Å². The number of nitrogens with zero attached hydrogens (tertiary/aromatic N) is 1. The highest BCUT2D eigenvalue weighted by Gasteiger charge is 2.15. The number of hydrogen-bond acceptors (Lipinski definition) is 3. The zero-order valence-corrected chi connectivity index (χ0v) is 13.7. The van der Waals surface area contributed by atoms with Crippen molar-refractivity contribution >= 4 is 5.91 Å². The summed E-state index contributed by atoms with van der Waals surface area (Å²) in [6.07, 6.45) is 3.83. The summed E-state index contributed by atoms with van der Waals surface area (Å²) in [5, 5.41) is 3.04. The summed E-state index contributed by atoms with van der Waals surface area (Å²) in [6.45, 7) is 2.76. The van der Waals surface area contributed by atoms with Gasteiger partial charge in [-0.25, -0.2) is 0 Å². The molecule has 0 radical (unpaired) electrons. The van der Waals surface area contributed by atoms with Gasteiger partial charge in [0.1, 0.15) is 5.75 Å². The zero-order valence-electron chi connectivity index (χ0n) is 13.7. The molecule has 0 aromatic heterocycles. The molecule has 0 saturated heterocycles. The van der Waals surface area contributed by atoms with E-state index in [-0.39, 0.29) is 11.9 Å². The van der Waals surface area contributed by atoms with E-state index in [9.17, 15) is 4.79 Å². The van der Waals surface area contributed by atoms with E-state index in [0.717, 1.165) is 30.6 Å². The molecule has 4 nitrogen and oxygen atoms in total. The van der Waals surface area contributed by atoms with Crippen molar-refractivity contribution in [1.29, 1.82) is 0 Å². The lowest BCUT2D eigenvalue weighted by molar-refractivity contribution is -0.121. The number of nitrogens with one attached hydrogen (secondary N) is 1. The molecule has 1 amide bonds. The van der Waals surface area contributed by atoms with Gasteiger partial charge in [-0.05, 0) is 38.2 Å². The number of methoxy groups -OCH3 is 1. The summed E-state index contributed by atoms with van der Waals surface area (Å²) in [6, 6.07) is 8.15. The predicted octanol–water partition coefficient (Wildman–Crippen LogP) is 2.99. The Hall–Kier alpha value is -1.55. The predicted molar refractivity (Wildman–Crippen MR) is 86.6 cm³/mol. The van der Waals surface area contributed by atoms with Gasteiger partial charge in [0, 0.05) is 13.0 Å². The van der Waals surface area contributed by atoms with Gasteiger partial charge in [-0.2, -0.15) is 0 Å². The molecule has 1 unspecified atom stereocenters. The minimum atomic E-state index is 0.137. The number of hydrogen-bond donors (Lipinski definition) is 1. The van der Waals surface area contributed by atoms with Crippen molar-refractivity contribution < 1.29 is 9.53 Å². The number of benzene rings is 1. The molecule has 1 rings (SSSR count). The first-order valence-electron chi connectivity index (χ1n) is 7.65. The van der Waals surface area contributed by atoms with Crippen molar-refractivity contribution in [3.63, 3.8) is 0 Å². The number of carbonyl (C=O) groups excluding carboxylic acids is 1. The first-order chi connectivity index (χ1) is 10.1. The summed E-state index contributed by atoms with van der Waals surface area (Å²) in [7, 11) is 5.71. The van der Waals surface area contributed by atoms with Crippen molar-refractivity contribution in [3.05, 3.63) is 29.8 Å². The van der Waals surface area contributed by atoms with Crippen LogP contribution in [0.4, 0.5) is 0 Å². The highest BCUT2D eigenvalue weighted by molar-refractivity contribution is 5.75. The quantitative estimate of drug-likeness (QED) is 0.711. The number of rotatable bonds is 9. The topological polar surface area (TPSA) is 41.6 Å². The first-order valence-corrected chi connectivity index (χ1v) is 7.65. The van der Waals surface area contributed by atoms with Crippen LogP contribution in [0.1, 0.15) is 44.2 Å². The smallest absolute Gasteiger partial charge is 0.220 e. The Morgan fingerprint density at radius 1 is 1.33 bits per heavy atom. The molecule has 1 aromatic carbocycles. The van der Waals surface area contributed by atoms with Gasteiger partial charge in [0.25, 0.3) is 0 Å². The fourth-order valence-electron chi connectivity index (χ4n) is 2.28. The van der Waals surface area contributed by atoms with Gasteiger partial charge >= 0.3 is 0 Å². The summed E-state index contributed by atoms with van der Waals surface area (Å²) in [4.78, 5) is 14.0. The van der Waals surface area contributed by atoms with Crippen molar-refractivity contribution in [1.82, 2.24) is 10.2 Å². The first kappa shape index (κ1) is 17.5. The van der Waals surface area contributed by atoms with Gasteiger partial charge in [0.05, 0.1) is 13.2 Å². The molecule has 0 aliphatic heterocycles. The van der Waals surface area contributed by atoms with Crippen LogP contribution in [0.15, 0.2) is 24.3 Å². The van der Waals surface area contributed by atoms with Crippen molar-refractivity contribution in [2.45, 2.75) is 38.6 Å². The summed E-state index contributed by atoms with van der Waals surface area (Å²) in [5.41, 5.74) is 1.15. The maximum atomic E-state index is 11.8. The minimum Gasteiger partial charge on any atom is -0.497 e. The summed E-state index contributed by atoms with van der Waals surface area (Å²) < 4.78 is 5.27. The van der Waals surface area contributed by atoms with E-state index in [2.05, 4.69) is 23.2 Å². The molecule has 4 heteroatoms. The van der Waals surface area contributed by atoms with Crippen LogP contribution >= 0.6 is 0 Å². The van der Waals surface area contributed by atoms with Crippen molar-refractivity contribution in [3.8, 4) is 5.75 Å². The van der Waals surface area contributed by atoms with Crippen LogP contribution in [0.3, 0.4) is 0 Å². The highest BCUT2D eigenvalue weighted by atomic mass is 16.5. The Morgan fingerprint density at radius 2 is 2.10 bits per heavy atom. The van der Waals surface area contributed by atoms with Gasteiger partial charge in [-0.3, -0.25) is 4.79 Å². The molecule has 0 spiro atoms. The average Bonchev–Trinajstić information content (AvgIpc) is 2.47. The molecule has 0 bridgehead atoms. The lowest BCUT2D eigenvalue weighted by atomic mass is 10.1. The van der Waals surface area contributed by atoms with E-state index < -0.39 is 0 Å². The van der Waals surface area contributed by atoms with Gasteiger partial charge < -0.3 is 15.0 Å². The third-order valence-electron chi connectivity index (χ3n) is 3.60. The molecule has 0 heterocycles. The molecule has 1 atom stereocenters. The minimum absolute atomic E-state index is 0.137. The van der Waals surface area contributed by atoms with Crippen LogP contribution in [-0.2, 0) is 4.79 Å². The maximum absolute atomic E-state index is 11.8. The molecule has 118 valence electrons. The van der Waals surface area contributed by atoms with Crippen LogP contribution in [-0.4, -0.2) is 38.6 Å². The molecular weight excluding hydrogens is 264 g/mol. The normalized spacial score (nSPS) is 12.2. The van der Waals surface area contributed by atoms with E-state index >= 15 is 0 Å². The monoisotopic (exact) mass is 292 g/mol. The Morgan fingerprint density at radius 3 is 2.71 bits per heavy atom. The second-order valence-corrected chi connectivity index (χ2v) is 5.52. The molecular formula is C17H28N2O2. The fourth-order valence-corrected chi connectivity index (χ4v) is 2.28. The molecule has 1 aromatic rings. The van der Waals surface area contributed by atoms with Gasteiger partial charge in [-0.1, -0.05) is 31.9 Å². The van der Waals surface area contributed by atoms with Crippen LogP contribution in [0, 0.1) is 0 Å². The van der Waals surface area contributed by atoms with E-state index in [1.165, 1.54) is 0 Å². The Balaban J connectivity index is 2.59. The van der Waals surface area contributed by atoms with Crippen LogP contribution in [0.2, 0.25) is 0 Å². The molecule has 0 fully saturated rings. The molecule has 0 aliphatic carbocycles. The number of carbonyl (C=O) groups is 1. The van der Waals surface area contributed by atoms with Crippen LogP contribution < -0.4 is 10.1 Å².